The van der Waals surface area contributed by atoms with Crippen molar-refractivity contribution in [1.29, 1.82) is 0 Å². The van der Waals surface area contributed by atoms with E-state index in [1.54, 1.807) is 0 Å². The lowest BCUT2D eigenvalue weighted by atomic mass is 10.2. The molecule has 1 aromatic carbocycles. The summed E-state index contributed by atoms with van der Waals surface area (Å²) in [6.45, 7) is -0.506. The van der Waals surface area contributed by atoms with Gasteiger partial charge in [-0.3, -0.25) is 14.9 Å². The van der Waals surface area contributed by atoms with Crippen LogP contribution in [-0.2, 0) is 9.53 Å². The fourth-order valence-corrected chi connectivity index (χ4v) is 1.30. The average Bonchev–Trinajstić information content (AvgIpc) is 2.43. The van der Waals surface area contributed by atoms with Crippen LogP contribution >= 0.6 is 0 Å². The van der Waals surface area contributed by atoms with Crippen molar-refractivity contribution in [3.63, 3.8) is 0 Å². The smallest absolute Gasteiger partial charge is 0.343 e. The van der Waals surface area contributed by atoms with E-state index < -0.39 is 23.2 Å². The van der Waals surface area contributed by atoms with E-state index in [1.807, 2.05) is 0 Å². The Balaban J connectivity index is 3.21. The number of methoxy groups -OCH3 is 2. The zero-order valence-electron chi connectivity index (χ0n) is 10.2. The predicted molar refractivity (Wildman–Crippen MR) is 62.5 cm³/mol. The number of carbonyl (C=O) groups is 2. The maximum atomic E-state index is 11.0. The minimum absolute atomic E-state index is 0.0137. The number of nitrogens with zero attached hydrogens (tertiary/aromatic N) is 1. The highest BCUT2D eigenvalue weighted by Gasteiger charge is 2.23. The molecule has 0 unspecified atom stereocenters. The molecule has 0 spiro atoms. The Kier molecular flexibility index (Phi) is 4.81. The topological polar surface area (TPSA) is 105 Å². The Morgan fingerprint density at radius 1 is 1.42 bits per heavy atom. The second-order valence-electron chi connectivity index (χ2n) is 3.31. The van der Waals surface area contributed by atoms with Gasteiger partial charge in [0.1, 0.15) is 6.29 Å². The highest BCUT2D eigenvalue weighted by atomic mass is 16.6. The van der Waals surface area contributed by atoms with Gasteiger partial charge in [-0.05, 0) is 6.07 Å². The van der Waals surface area contributed by atoms with Crippen LogP contribution in [-0.4, -0.2) is 38.0 Å². The molecule has 0 heterocycles. The first-order valence-corrected chi connectivity index (χ1v) is 5.04. The molecule has 0 amide bonds. The molecule has 19 heavy (non-hydrogen) atoms. The van der Waals surface area contributed by atoms with E-state index in [4.69, 9.17) is 9.47 Å². The molecule has 0 bridgehead atoms. The maximum absolute atomic E-state index is 11.0. The van der Waals surface area contributed by atoms with Crippen LogP contribution in [0.3, 0.4) is 0 Å². The van der Waals surface area contributed by atoms with Gasteiger partial charge in [0.2, 0.25) is 5.75 Å². The minimum atomic E-state index is -0.734. The number of carbonyl (C=O) groups excluding carboxylic acids is 2. The molecule has 8 nitrogen and oxygen atoms in total. The Bertz CT molecular complexity index is 512. The van der Waals surface area contributed by atoms with Crippen LogP contribution in [0.1, 0.15) is 10.4 Å². The van der Waals surface area contributed by atoms with Gasteiger partial charge in [0, 0.05) is 11.6 Å². The summed E-state index contributed by atoms with van der Waals surface area (Å²) in [7, 11) is 2.42. The normalized spacial score (nSPS) is 9.58. The molecule has 0 aliphatic heterocycles. The van der Waals surface area contributed by atoms with Gasteiger partial charge < -0.3 is 14.2 Å². The molecule has 1 rings (SSSR count). The van der Waals surface area contributed by atoms with Gasteiger partial charge in [-0.1, -0.05) is 0 Å². The molecule has 1 aromatic rings. The highest BCUT2D eigenvalue weighted by molar-refractivity contribution is 5.79. The van der Waals surface area contributed by atoms with Crippen molar-refractivity contribution in [3.05, 3.63) is 27.8 Å². The molecule has 8 heteroatoms. The number of aldehydes is 1. The van der Waals surface area contributed by atoms with E-state index in [-0.39, 0.29) is 17.1 Å². The molecule has 0 atom stereocenters. The van der Waals surface area contributed by atoms with E-state index in [1.165, 1.54) is 13.2 Å². The van der Waals surface area contributed by atoms with Crippen LogP contribution < -0.4 is 9.47 Å². The Labute approximate surface area is 108 Å². The van der Waals surface area contributed by atoms with Gasteiger partial charge in [-0.15, -0.1) is 0 Å². The molecule has 0 saturated heterocycles. The van der Waals surface area contributed by atoms with Gasteiger partial charge in [-0.25, -0.2) is 4.79 Å². The molecule has 102 valence electrons. The van der Waals surface area contributed by atoms with E-state index in [2.05, 4.69) is 4.74 Å². The summed E-state index contributed by atoms with van der Waals surface area (Å²) in [4.78, 5) is 31.8. The van der Waals surface area contributed by atoms with E-state index in [0.29, 0.717) is 6.29 Å². The number of benzene rings is 1. The van der Waals surface area contributed by atoms with Crippen molar-refractivity contribution in [2.75, 3.05) is 20.8 Å². The first-order chi connectivity index (χ1) is 9.03. The number of esters is 1. The second kappa shape index (κ2) is 6.34. The van der Waals surface area contributed by atoms with Crippen LogP contribution in [0.25, 0.3) is 0 Å². The van der Waals surface area contributed by atoms with Crippen LogP contribution in [0.4, 0.5) is 5.69 Å². The molecular formula is C11H11NO7. The van der Waals surface area contributed by atoms with Crippen LogP contribution in [0.2, 0.25) is 0 Å². The lowest BCUT2D eigenvalue weighted by Crippen LogP contribution is -2.14. The summed E-state index contributed by atoms with van der Waals surface area (Å²) in [6.07, 6.45) is 0.444. The van der Waals surface area contributed by atoms with Crippen LogP contribution in [0.15, 0.2) is 12.1 Å². The Morgan fingerprint density at radius 3 is 2.58 bits per heavy atom. The average molecular weight is 269 g/mol. The summed E-state index contributed by atoms with van der Waals surface area (Å²) >= 11 is 0. The fraction of sp³-hybridized carbons (Fsp3) is 0.273. The highest BCUT2D eigenvalue weighted by Crippen LogP contribution is 2.37. The molecular weight excluding hydrogens is 258 g/mol. The summed E-state index contributed by atoms with van der Waals surface area (Å²) < 4.78 is 14.3. The van der Waals surface area contributed by atoms with Crippen molar-refractivity contribution >= 4 is 17.9 Å². The molecule has 0 aliphatic rings. The van der Waals surface area contributed by atoms with Crippen molar-refractivity contribution < 1.29 is 28.7 Å². The lowest BCUT2D eigenvalue weighted by molar-refractivity contribution is -0.385. The molecule has 0 fully saturated rings. The number of hydrogen-bond donors (Lipinski definition) is 0. The minimum Gasteiger partial charge on any atom is -0.493 e. The number of nitro groups is 1. The summed E-state index contributed by atoms with van der Waals surface area (Å²) in [5.41, 5.74) is -0.403. The number of ether oxygens (including phenoxy) is 3. The van der Waals surface area contributed by atoms with E-state index in [9.17, 15) is 19.7 Å². The monoisotopic (exact) mass is 269 g/mol. The molecule has 0 aromatic heterocycles. The standard InChI is InChI=1S/C11H11NO7/c1-17-9-4-7(5-13)3-8(12(15)16)11(9)19-6-10(14)18-2/h3-5H,6H2,1-2H3. The summed E-state index contributed by atoms with van der Waals surface area (Å²) in [5.74, 6) is -0.945. The SMILES string of the molecule is COC(=O)COc1c(OC)cc(C=O)cc1[N+](=O)[O-]. The van der Waals surface area contributed by atoms with Crippen molar-refractivity contribution in [2.45, 2.75) is 0 Å². The Morgan fingerprint density at radius 2 is 2.11 bits per heavy atom. The molecule has 0 saturated carbocycles. The fourth-order valence-electron chi connectivity index (χ4n) is 1.30. The van der Waals surface area contributed by atoms with Crippen molar-refractivity contribution in [2.24, 2.45) is 0 Å². The molecule has 0 aliphatic carbocycles. The second-order valence-corrected chi connectivity index (χ2v) is 3.31. The molecule has 0 radical (unpaired) electrons. The third-order valence-corrected chi connectivity index (χ3v) is 2.17. The third-order valence-electron chi connectivity index (χ3n) is 2.17. The van der Waals surface area contributed by atoms with E-state index in [0.717, 1.165) is 13.2 Å². The van der Waals surface area contributed by atoms with Gasteiger partial charge in [0.25, 0.3) is 0 Å². The number of nitro benzene ring substituents is 1. The first-order valence-electron chi connectivity index (χ1n) is 5.04. The quantitative estimate of drug-likeness (QED) is 0.328. The zero-order valence-corrected chi connectivity index (χ0v) is 10.2. The van der Waals surface area contributed by atoms with Gasteiger partial charge in [0.15, 0.2) is 12.4 Å². The van der Waals surface area contributed by atoms with E-state index >= 15 is 0 Å². The van der Waals surface area contributed by atoms with Crippen molar-refractivity contribution in [1.82, 2.24) is 0 Å². The number of rotatable bonds is 6. The lowest BCUT2D eigenvalue weighted by Gasteiger charge is -2.10. The first kappa shape index (κ1) is 14.4. The largest absolute Gasteiger partial charge is 0.493 e. The van der Waals surface area contributed by atoms with Crippen LogP contribution in [0, 0.1) is 10.1 Å². The number of hydrogen-bond acceptors (Lipinski definition) is 7. The van der Waals surface area contributed by atoms with Gasteiger partial charge in [-0.2, -0.15) is 0 Å². The zero-order chi connectivity index (χ0) is 14.4. The predicted octanol–water partition coefficient (Wildman–Crippen LogP) is 0.968. The third kappa shape index (κ3) is 3.41. The molecule has 0 N–H and O–H groups in total. The summed E-state index contributed by atoms with van der Waals surface area (Å²) in [5, 5.41) is 10.9. The van der Waals surface area contributed by atoms with Crippen LogP contribution in [0.5, 0.6) is 11.5 Å². The maximum Gasteiger partial charge on any atom is 0.343 e. The Hall–Kier alpha value is -2.64. The van der Waals surface area contributed by atoms with Gasteiger partial charge >= 0.3 is 11.7 Å². The van der Waals surface area contributed by atoms with Gasteiger partial charge in [0.05, 0.1) is 19.1 Å². The summed E-state index contributed by atoms with van der Waals surface area (Å²) in [6, 6.07) is 2.30. The van der Waals surface area contributed by atoms with Crippen molar-refractivity contribution in [3.8, 4) is 11.5 Å².